The minimum absolute atomic E-state index is 0.110. The number of halogens is 5. The summed E-state index contributed by atoms with van der Waals surface area (Å²) in [7, 11) is 0. The summed E-state index contributed by atoms with van der Waals surface area (Å²) in [5.41, 5.74) is -2.69. The van der Waals surface area contributed by atoms with Crippen LogP contribution in [0.2, 0.25) is 0 Å². The summed E-state index contributed by atoms with van der Waals surface area (Å²) >= 11 is 2.93. The Morgan fingerprint density at radius 2 is 1.90 bits per heavy atom. The number of alkyl halides is 3. The third-order valence-electron chi connectivity index (χ3n) is 2.61. The zero-order chi connectivity index (χ0) is 15.3. The molecule has 0 aliphatic rings. The molecule has 0 unspecified atom stereocenters. The maximum Gasteiger partial charge on any atom is 0.418 e. The van der Waals surface area contributed by atoms with Gasteiger partial charge in [0.1, 0.15) is 0 Å². The van der Waals surface area contributed by atoms with Gasteiger partial charge in [-0.15, -0.1) is 5.10 Å². The van der Waals surface area contributed by atoms with Crippen LogP contribution in [0.1, 0.15) is 19.4 Å². The van der Waals surface area contributed by atoms with Crippen LogP contribution < -0.4 is 0 Å². The fourth-order valence-electron chi connectivity index (χ4n) is 1.94. The first-order valence-corrected chi connectivity index (χ1v) is 6.43. The predicted molar refractivity (Wildman–Crippen MR) is 68.7 cm³/mol. The van der Waals surface area contributed by atoms with Gasteiger partial charge in [-0.1, -0.05) is 15.9 Å². The van der Waals surface area contributed by atoms with Gasteiger partial charge in [-0.05, 0) is 26.0 Å². The Hall–Kier alpha value is -1.15. The number of hydrogen-bond donors (Lipinski definition) is 1. The second kappa shape index (κ2) is 4.70. The van der Waals surface area contributed by atoms with Crippen molar-refractivity contribution in [1.82, 2.24) is 9.78 Å². The summed E-state index contributed by atoms with van der Waals surface area (Å²) in [5.74, 6) is -1.00. The van der Waals surface area contributed by atoms with Gasteiger partial charge in [0.2, 0.25) is 5.95 Å². The van der Waals surface area contributed by atoms with Crippen molar-refractivity contribution in [1.29, 1.82) is 0 Å². The molecule has 2 aromatic rings. The van der Waals surface area contributed by atoms with Crippen LogP contribution in [0.3, 0.4) is 0 Å². The van der Waals surface area contributed by atoms with Crippen molar-refractivity contribution in [2.75, 3.05) is 0 Å². The molecule has 0 saturated heterocycles. The van der Waals surface area contributed by atoms with Crippen LogP contribution in [-0.4, -0.2) is 20.5 Å². The van der Waals surface area contributed by atoms with Crippen LogP contribution in [0.25, 0.3) is 10.9 Å². The normalized spacial score (nSPS) is 13.2. The van der Waals surface area contributed by atoms with E-state index < -0.39 is 23.3 Å². The van der Waals surface area contributed by atoms with Crippen molar-refractivity contribution in [3.05, 3.63) is 28.1 Å². The number of nitrogens with zero attached hydrogens (tertiary/aromatic N) is 2. The van der Waals surface area contributed by atoms with Gasteiger partial charge in [0.05, 0.1) is 28.6 Å². The fraction of sp³-hybridized carbons (Fsp3) is 0.417. The first-order valence-electron chi connectivity index (χ1n) is 5.64. The fourth-order valence-corrected chi connectivity index (χ4v) is 2.40. The third kappa shape index (κ3) is 2.95. The van der Waals surface area contributed by atoms with E-state index >= 15 is 0 Å². The van der Waals surface area contributed by atoms with Crippen LogP contribution in [0.4, 0.5) is 17.6 Å². The van der Waals surface area contributed by atoms with Gasteiger partial charge < -0.3 is 5.11 Å². The summed E-state index contributed by atoms with van der Waals surface area (Å²) in [6, 6.07) is 2.10. The van der Waals surface area contributed by atoms with E-state index in [1.54, 1.807) is 0 Å². The van der Waals surface area contributed by atoms with Gasteiger partial charge in [-0.2, -0.15) is 17.6 Å². The van der Waals surface area contributed by atoms with Gasteiger partial charge in [0.15, 0.2) is 0 Å². The maximum absolute atomic E-state index is 13.7. The monoisotopic (exact) mass is 354 g/mol. The van der Waals surface area contributed by atoms with Crippen LogP contribution >= 0.6 is 15.9 Å². The quantitative estimate of drug-likeness (QED) is 0.834. The van der Waals surface area contributed by atoms with Gasteiger partial charge in [0.25, 0.3) is 0 Å². The highest BCUT2D eigenvalue weighted by Gasteiger charge is 2.36. The maximum atomic E-state index is 13.7. The molecular formula is C12H11BrF4N2O. The molecule has 0 spiro atoms. The van der Waals surface area contributed by atoms with E-state index in [2.05, 4.69) is 21.0 Å². The molecule has 0 amide bonds. The lowest BCUT2D eigenvalue weighted by atomic mass is 10.1. The Kier molecular flexibility index (Phi) is 3.58. The van der Waals surface area contributed by atoms with E-state index in [4.69, 9.17) is 0 Å². The highest BCUT2D eigenvalue weighted by molar-refractivity contribution is 9.10. The molecule has 1 aromatic heterocycles. The largest absolute Gasteiger partial charge is 0.418 e. The molecule has 0 aliphatic carbocycles. The first-order chi connectivity index (χ1) is 8.99. The summed E-state index contributed by atoms with van der Waals surface area (Å²) < 4.78 is 53.9. The molecule has 1 N–H and O–H groups in total. The second-order valence-electron chi connectivity index (χ2n) is 5.11. The van der Waals surface area contributed by atoms with E-state index in [-0.39, 0.29) is 21.9 Å². The Bertz CT molecular complexity index is 658. The van der Waals surface area contributed by atoms with Gasteiger partial charge in [-0.25, -0.2) is 0 Å². The Morgan fingerprint density at radius 1 is 1.30 bits per heavy atom. The van der Waals surface area contributed by atoms with Crippen LogP contribution in [0, 0.1) is 5.95 Å². The smallest absolute Gasteiger partial charge is 0.389 e. The van der Waals surface area contributed by atoms with Gasteiger partial charge >= 0.3 is 6.18 Å². The molecule has 8 heteroatoms. The molecule has 1 heterocycles. The van der Waals surface area contributed by atoms with Crippen molar-refractivity contribution in [3.8, 4) is 0 Å². The number of benzene rings is 1. The lowest BCUT2D eigenvalue weighted by Gasteiger charge is -2.19. The molecule has 0 radical (unpaired) electrons. The molecular weight excluding hydrogens is 344 g/mol. The van der Waals surface area contributed by atoms with Gasteiger partial charge in [-0.3, -0.25) is 4.68 Å². The molecule has 0 fully saturated rings. The number of rotatable bonds is 2. The summed E-state index contributed by atoms with van der Waals surface area (Å²) in [6.07, 6.45) is -4.65. The lowest BCUT2D eigenvalue weighted by molar-refractivity contribution is -0.136. The Morgan fingerprint density at radius 3 is 2.40 bits per heavy atom. The van der Waals surface area contributed by atoms with Crippen molar-refractivity contribution < 1.29 is 22.7 Å². The lowest BCUT2D eigenvalue weighted by Crippen LogP contribution is -2.27. The average molecular weight is 355 g/mol. The molecule has 110 valence electrons. The van der Waals surface area contributed by atoms with E-state index in [1.165, 1.54) is 19.9 Å². The van der Waals surface area contributed by atoms with E-state index in [9.17, 15) is 22.7 Å². The van der Waals surface area contributed by atoms with Crippen LogP contribution in [-0.2, 0) is 12.7 Å². The molecule has 3 nitrogen and oxygen atoms in total. The first kappa shape index (κ1) is 15.2. The van der Waals surface area contributed by atoms with Crippen LogP contribution in [0.15, 0.2) is 16.6 Å². The standard InChI is InChI=1S/C12H11BrF4N2O/c1-11(2,20)5-19-9-7(10(14)18-19)3-6(13)4-8(9)12(15,16)17/h3-4,20H,5H2,1-2H3. The predicted octanol–water partition coefficient (Wildman–Crippen LogP) is 3.73. The third-order valence-corrected chi connectivity index (χ3v) is 3.06. The molecule has 0 aliphatic heterocycles. The second-order valence-corrected chi connectivity index (χ2v) is 6.02. The number of aromatic nitrogens is 2. The van der Waals surface area contributed by atoms with E-state index in [1.807, 2.05) is 0 Å². The Labute approximate surface area is 120 Å². The van der Waals surface area contributed by atoms with Crippen LogP contribution in [0.5, 0.6) is 0 Å². The zero-order valence-electron chi connectivity index (χ0n) is 10.6. The molecule has 0 atom stereocenters. The highest BCUT2D eigenvalue weighted by atomic mass is 79.9. The molecule has 20 heavy (non-hydrogen) atoms. The topological polar surface area (TPSA) is 38.0 Å². The van der Waals surface area contributed by atoms with E-state index in [0.717, 1.165) is 10.7 Å². The summed E-state index contributed by atoms with van der Waals surface area (Å²) in [4.78, 5) is 0. The Balaban J connectivity index is 2.78. The molecule has 0 bridgehead atoms. The molecule has 1 aromatic carbocycles. The number of fused-ring (bicyclic) bond motifs is 1. The SMILES string of the molecule is CC(C)(O)Cn1nc(F)c2cc(Br)cc(C(F)(F)F)c21. The highest BCUT2D eigenvalue weighted by Crippen LogP contribution is 2.38. The van der Waals surface area contributed by atoms with Crippen molar-refractivity contribution in [3.63, 3.8) is 0 Å². The summed E-state index contributed by atoms with van der Waals surface area (Å²) in [6.45, 7) is 2.56. The number of hydrogen-bond acceptors (Lipinski definition) is 2. The minimum atomic E-state index is -4.65. The average Bonchev–Trinajstić information content (AvgIpc) is 2.50. The minimum Gasteiger partial charge on any atom is -0.389 e. The van der Waals surface area contributed by atoms with Gasteiger partial charge in [0, 0.05) is 4.47 Å². The van der Waals surface area contributed by atoms with E-state index in [0.29, 0.717) is 0 Å². The summed E-state index contributed by atoms with van der Waals surface area (Å²) in [5, 5.41) is 12.9. The number of aliphatic hydroxyl groups is 1. The molecule has 0 saturated carbocycles. The van der Waals surface area contributed by atoms with Crippen molar-refractivity contribution >= 4 is 26.8 Å². The molecule has 2 rings (SSSR count). The zero-order valence-corrected chi connectivity index (χ0v) is 12.2. The van der Waals surface area contributed by atoms with Crippen molar-refractivity contribution in [2.24, 2.45) is 0 Å². The van der Waals surface area contributed by atoms with Crippen molar-refractivity contribution in [2.45, 2.75) is 32.2 Å².